The molecule has 0 spiro atoms. The number of hydrogen-bond donors (Lipinski definition) is 1. The van der Waals surface area contributed by atoms with Gasteiger partial charge in [-0.15, -0.1) is 11.3 Å². The van der Waals surface area contributed by atoms with Gasteiger partial charge in [-0.25, -0.2) is 0 Å². The fourth-order valence-electron chi connectivity index (χ4n) is 3.89. The van der Waals surface area contributed by atoms with E-state index >= 15 is 0 Å². The smallest absolute Gasteiger partial charge is 0.323 e. The lowest BCUT2D eigenvalue weighted by atomic mass is 10.1. The van der Waals surface area contributed by atoms with Crippen LogP contribution in [-0.2, 0) is 9.53 Å². The van der Waals surface area contributed by atoms with Crippen LogP contribution in [0.25, 0.3) is 20.5 Å². The minimum absolute atomic E-state index is 0.133. The van der Waals surface area contributed by atoms with Gasteiger partial charge in [0.25, 0.3) is 0 Å². The van der Waals surface area contributed by atoms with E-state index < -0.39 is 5.60 Å². The summed E-state index contributed by atoms with van der Waals surface area (Å²) in [4.78, 5) is 15.8. The number of ether oxygens (including phenoxy) is 2. The van der Waals surface area contributed by atoms with E-state index in [0.29, 0.717) is 13.2 Å². The maximum atomic E-state index is 12.4. The largest absolute Gasteiger partial charge is 0.508 e. The molecule has 1 N–H and O–H groups in total. The van der Waals surface area contributed by atoms with Crippen molar-refractivity contribution in [2.45, 2.75) is 45.3 Å². The summed E-state index contributed by atoms with van der Waals surface area (Å²) in [5, 5.41) is 10.8. The van der Waals surface area contributed by atoms with E-state index in [4.69, 9.17) is 9.47 Å². The third kappa shape index (κ3) is 5.38. The molecule has 1 aromatic heterocycles. The van der Waals surface area contributed by atoms with Crippen LogP contribution in [0, 0.1) is 0 Å². The van der Waals surface area contributed by atoms with Crippen molar-refractivity contribution in [1.82, 2.24) is 4.90 Å². The SMILES string of the molecule is CC(C)(C)OC(=O)[C@@H]1CCCN1CCOc1ccc(-c2cc3ccc(O)cc3s2)cc1. The summed E-state index contributed by atoms with van der Waals surface area (Å²) in [7, 11) is 0. The molecule has 6 heteroatoms. The minimum atomic E-state index is -0.460. The van der Waals surface area contributed by atoms with Gasteiger partial charge < -0.3 is 14.6 Å². The number of nitrogens with zero attached hydrogens (tertiary/aromatic N) is 1. The van der Waals surface area contributed by atoms with Gasteiger partial charge in [-0.2, -0.15) is 0 Å². The molecule has 2 heterocycles. The highest BCUT2D eigenvalue weighted by Crippen LogP contribution is 2.35. The Morgan fingerprint density at radius 2 is 1.94 bits per heavy atom. The number of likely N-dealkylation sites (tertiary alicyclic amines) is 1. The van der Waals surface area contributed by atoms with Crippen LogP contribution < -0.4 is 4.74 Å². The number of phenols is 1. The van der Waals surface area contributed by atoms with Gasteiger partial charge >= 0.3 is 5.97 Å². The second kappa shape index (κ2) is 8.89. The highest BCUT2D eigenvalue weighted by atomic mass is 32.1. The predicted octanol–water partition coefficient (Wildman–Crippen LogP) is 5.46. The molecule has 0 saturated carbocycles. The van der Waals surface area contributed by atoms with Crippen LogP contribution in [0.4, 0.5) is 0 Å². The molecule has 3 aromatic rings. The van der Waals surface area contributed by atoms with Gasteiger partial charge in [-0.1, -0.05) is 0 Å². The van der Waals surface area contributed by atoms with Crippen LogP contribution in [0.5, 0.6) is 11.5 Å². The van der Waals surface area contributed by atoms with E-state index in [-0.39, 0.29) is 17.8 Å². The first-order valence-electron chi connectivity index (χ1n) is 10.7. The zero-order valence-electron chi connectivity index (χ0n) is 18.3. The van der Waals surface area contributed by atoms with Crippen LogP contribution in [0.1, 0.15) is 33.6 Å². The van der Waals surface area contributed by atoms with Crippen molar-refractivity contribution < 1.29 is 19.4 Å². The molecular weight excluding hydrogens is 410 g/mol. The average Bonchev–Trinajstić information content (AvgIpc) is 3.34. The molecule has 1 atom stereocenters. The number of carbonyl (C=O) groups is 1. The van der Waals surface area contributed by atoms with Crippen LogP contribution in [-0.4, -0.2) is 47.3 Å². The highest BCUT2D eigenvalue weighted by molar-refractivity contribution is 7.22. The lowest BCUT2D eigenvalue weighted by molar-refractivity contribution is -0.160. The Morgan fingerprint density at radius 1 is 1.16 bits per heavy atom. The van der Waals surface area contributed by atoms with Crippen molar-refractivity contribution in [2.24, 2.45) is 0 Å². The number of phenolic OH excluding ortho intramolecular Hbond substituents is 1. The van der Waals surface area contributed by atoms with E-state index in [1.54, 1.807) is 23.5 Å². The molecule has 0 unspecified atom stereocenters. The molecule has 0 amide bonds. The third-order valence-corrected chi connectivity index (χ3v) is 6.48. The summed E-state index contributed by atoms with van der Waals surface area (Å²) in [6.07, 6.45) is 1.85. The van der Waals surface area contributed by atoms with Crippen molar-refractivity contribution >= 4 is 27.4 Å². The standard InChI is InChI=1S/C25H29NO4S/c1-25(2,3)30-24(28)21-5-4-12-26(21)13-14-29-20-10-7-17(8-11-20)22-15-18-6-9-19(27)16-23(18)31-22/h6-11,15-16,21,27H,4-5,12-14H2,1-3H3/t21-/m0/s1. The summed E-state index contributed by atoms with van der Waals surface area (Å²) < 4.78 is 12.6. The number of fused-ring (bicyclic) bond motifs is 1. The molecule has 0 bridgehead atoms. The van der Waals surface area contributed by atoms with Crippen molar-refractivity contribution in [1.29, 1.82) is 0 Å². The Balaban J connectivity index is 1.32. The lowest BCUT2D eigenvalue weighted by Crippen LogP contribution is -2.42. The summed E-state index contributed by atoms with van der Waals surface area (Å²) >= 11 is 1.66. The van der Waals surface area contributed by atoms with Crippen molar-refractivity contribution in [3.05, 3.63) is 48.5 Å². The van der Waals surface area contributed by atoms with Crippen molar-refractivity contribution in [2.75, 3.05) is 19.7 Å². The molecule has 31 heavy (non-hydrogen) atoms. The van der Waals surface area contributed by atoms with Crippen LogP contribution in [0.3, 0.4) is 0 Å². The number of aromatic hydroxyl groups is 1. The Hall–Kier alpha value is -2.57. The number of benzene rings is 2. The maximum Gasteiger partial charge on any atom is 0.323 e. The van der Waals surface area contributed by atoms with E-state index in [1.807, 2.05) is 39.0 Å². The quantitative estimate of drug-likeness (QED) is 0.517. The number of esters is 1. The monoisotopic (exact) mass is 439 g/mol. The van der Waals surface area contributed by atoms with Gasteiger partial charge in [0.2, 0.25) is 0 Å². The third-order valence-electron chi connectivity index (χ3n) is 5.33. The van der Waals surface area contributed by atoms with E-state index in [1.165, 1.54) is 0 Å². The Bertz CT molecular complexity index is 1050. The topological polar surface area (TPSA) is 59.0 Å². The summed E-state index contributed by atoms with van der Waals surface area (Å²) in [6, 6.07) is 15.5. The predicted molar refractivity (Wildman–Crippen MR) is 125 cm³/mol. The van der Waals surface area contributed by atoms with E-state index in [9.17, 15) is 9.90 Å². The fraction of sp³-hybridized carbons (Fsp3) is 0.400. The number of hydrogen-bond acceptors (Lipinski definition) is 6. The van der Waals surface area contributed by atoms with Gasteiger partial charge in [-0.3, -0.25) is 9.69 Å². The minimum Gasteiger partial charge on any atom is -0.508 e. The first kappa shape index (κ1) is 21.7. The molecule has 1 saturated heterocycles. The normalized spacial score (nSPS) is 17.2. The summed E-state index contributed by atoms with van der Waals surface area (Å²) in [5.74, 6) is 0.970. The molecule has 1 aliphatic heterocycles. The van der Waals surface area contributed by atoms with Crippen LogP contribution in [0.2, 0.25) is 0 Å². The van der Waals surface area contributed by atoms with Crippen molar-refractivity contribution in [3.63, 3.8) is 0 Å². The van der Waals surface area contributed by atoms with Crippen LogP contribution >= 0.6 is 11.3 Å². The first-order chi connectivity index (χ1) is 14.8. The molecule has 0 aliphatic carbocycles. The summed E-state index contributed by atoms with van der Waals surface area (Å²) in [5.41, 5.74) is 0.663. The maximum absolute atomic E-state index is 12.4. The van der Waals surface area contributed by atoms with Gasteiger partial charge in [0, 0.05) is 16.1 Å². The van der Waals surface area contributed by atoms with E-state index in [0.717, 1.165) is 45.7 Å². The van der Waals surface area contributed by atoms with Gasteiger partial charge in [0.15, 0.2) is 0 Å². The Morgan fingerprint density at radius 3 is 2.68 bits per heavy atom. The fourth-order valence-corrected chi connectivity index (χ4v) is 4.99. The summed E-state index contributed by atoms with van der Waals surface area (Å²) in [6.45, 7) is 7.83. The molecule has 4 rings (SSSR count). The number of thiophene rings is 1. The molecule has 1 aliphatic rings. The Kier molecular flexibility index (Phi) is 6.21. The molecular formula is C25H29NO4S. The molecule has 1 fully saturated rings. The molecule has 164 valence electrons. The molecule has 5 nitrogen and oxygen atoms in total. The zero-order chi connectivity index (χ0) is 22.0. The zero-order valence-corrected chi connectivity index (χ0v) is 19.1. The van der Waals surface area contributed by atoms with Crippen molar-refractivity contribution in [3.8, 4) is 21.9 Å². The average molecular weight is 440 g/mol. The Labute approximate surface area is 187 Å². The van der Waals surface area contributed by atoms with E-state index in [2.05, 4.69) is 23.1 Å². The molecule has 0 radical (unpaired) electrons. The molecule has 2 aromatic carbocycles. The second-order valence-corrected chi connectivity index (χ2v) is 10.0. The number of carbonyl (C=O) groups excluding carboxylic acids is 1. The van der Waals surface area contributed by atoms with Gasteiger partial charge in [0.05, 0.1) is 0 Å². The highest BCUT2D eigenvalue weighted by Gasteiger charge is 2.33. The lowest BCUT2D eigenvalue weighted by Gasteiger charge is -2.27. The van der Waals surface area contributed by atoms with Crippen LogP contribution in [0.15, 0.2) is 48.5 Å². The first-order valence-corrected chi connectivity index (χ1v) is 11.5. The second-order valence-electron chi connectivity index (χ2n) is 8.93. The van der Waals surface area contributed by atoms with Gasteiger partial charge in [0.1, 0.15) is 29.7 Å². The number of rotatable bonds is 6. The van der Waals surface area contributed by atoms with Gasteiger partial charge in [-0.05, 0) is 99.6 Å².